The third kappa shape index (κ3) is 5.42. The first-order valence-electron chi connectivity index (χ1n) is 10.00. The Hall–Kier alpha value is -2.80. The minimum atomic E-state index is -0.532. The Balaban J connectivity index is 1.71. The lowest BCUT2D eigenvalue weighted by molar-refractivity contribution is -0.128. The fourth-order valence-electron chi connectivity index (χ4n) is 2.88. The molecule has 1 aliphatic heterocycles. The molecule has 6 nitrogen and oxygen atoms in total. The lowest BCUT2D eigenvalue weighted by atomic mass is 10.1. The summed E-state index contributed by atoms with van der Waals surface area (Å²) in [5.41, 5.74) is 3.75. The molecule has 0 bridgehead atoms. The molecule has 0 spiro atoms. The molecule has 7 heteroatoms. The molecule has 0 aromatic heterocycles. The number of rotatable bonds is 6. The Morgan fingerprint density at radius 1 is 1.20 bits per heavy atom. The van der Waals surface area contributed by atoms with Crippen LogP contribution >= 0.6 is 11.8 Å². The first-order chi connectivity index (χ1) is 14.4. The Labute approximate surface area is 181 Å². The van der Waals surface area contributed by atoms with Crippen LogP contribution < -0.4 is 10.1 Å². The van der Waals surface area contributed by atoms with Crippen LogP contribution in [0.5, 0.6) is 5.75 Å². The number of aryl methyl sites for hydroxylation is 2. The number of aliphatic imine (C=N–C) groups is 1. The van der Waals surface area contributed by atoms with E-state index in [-0.39, 0.29) is 18.2 Å². The molecule has 2 aromatic carbocycles. The number of amides is 2. The second-order valence-corrected chi connectivity index (χ2v) is 8.46. The number of thioether (sulfide) groups is 1. The van der Waals surface area contributed by atoms with Gasteiger partial charge in [-0.2, -0.15) is 0 Å². The maximum absolute atomic E-state index is 12.8. The first-order valence-corrected chi connectivity index (χ1v) is 10.9. The van der Waals surface area contributed by atoms with Crippen molar-refractivity contribution in [2.24, 2.45) is 4.99 Å². The zero-order chi connectivity index (χ0) is 21.7. The summed E-state index contributed by atoms with van der Waals surface area (Å²) in [5, 5.41) is 2.88. The standard InChI is InChI=1S/C23H27N3O3S/c1-5-12-29-19-10-8-17(9-11-19)24-22(28)20-14-21(27)26(4)23(30-20)25-18-7-6-15(2)16(3)13-18/h6-11,13,20H,5,12,14H2,1-4H3,(H,24,28)/t20-/m0/s1. The Morgan fingerprint density at radius 3 is 2.60 bits per heavy atom. The van der Waals surface area contributed by atoms with Crippen molar-refractivity contribution in [3.8, 4) is 5.75 Å². The van der Waals surface area contributed by atoms with Crippen molar-refractivity contribution in [2.45, 2.75) is 38.9 Å². The van der Waals surface area contributed by atoms with Gasteiger partial charge in [0.05, 0.1) is 12.3 Å². The fourth-order valence-corrected chi connectivity index (χ4v) is 3.94. The SMILES string of the molecule is CCCOc1ccc(NC(=O)[C@@H]2CC(=O)N(C)C(=Nc3ccc(C)c(C)c3)S2)cc1. The Kier molecular flexibility index (Phi) is 7.15. The number of hydrogen-bond donors (Lipinski definition) is 1. The van der Waals surface area contributed by atoms with Gasteiger partial charge in [0, 0.05) is 19.2 Å². The van der Waals surface area contributed by atoms with Crippen LogP contribution in [-0.2, 0) is 9.59 Å². The predicted molar refractivity (Wildman–Crippen MR) is 123 cm³/mol. The number of ether oxygens (including phenoxy) is 1. The summed E-state index contributed by atoms with van der Waals surface area (Å²) in [6.07, 6.45) is 1.07. The molecule has 0 saturated carbocycles. The molecule has 158 valence electrons. The van der Waals surface area contributed by atoms with Crippen molar-refractivity contribution < 1.29 is 14.3 Å². The highest BCUT2D eigenvalue weighted by Crippen LogP contribution is 2.29. The van der Waals surface area contributed by atoms with E-state index in [2.05, 4.69) is 10.3 Å². The van der Waals surface area contributed by atoms with Crippen LogP contribution in [0.1, 0.15) is 30.9 Å². The molecule has 3 rings (SSSR count). The molecule has 1 atom stereocenters. The molecule has 2 aromatic rings. The molecule has 1 heterocycles. The quantitative estimate of drug-likeness (QED) is 0.729. The van der Waals surface area contributed by atoms with E-state index in [9.17, 15) is 9.59 Å². The fraction of sp³-hybridized carbons (Fsp3) is 0.348. The van der Waals surface area contributed by atoms with Crippen LogP contribution in [0, 0.1) is 13.8 Å². The zero-order valence-electron chi connectivity index (χ0n) is 17.8. The van der Waals surface area contributed by atoms with Gasteiger partial charge >= 0.3 is 0 Å². The average molecular weight is 426 g/mol. The Morgan fingerprint density at radius 2 is 1.93 bits per heavy atom. The average Bonchev–Trinajstić information content (AvgIpc) is 2.73. The minimum absolute atomic E-state index is 0.125. The largest absolute Gasteiger partial charge is 0.494 e. The summed E-state index contributed by atoms with van der Waals surface area (Å²) in [7, 11) is 1.69. The third-order valence-electron chi connectivity index (χ3n) is 4.87. The molecule has 1 saturated heterocycles. The molecular weight excluding hydrogens is 398 g/mol. The van der Waals surface area contributed by atoms with Crippen LogP contribution in [0.4, 0.5) is 11.4 Å². The van der Waals surface area contributed by atoms with Gasteiger partial charge < -0.3 is 10.1 Å². The highest BCUT2D eigenvalue weighted by molar-refractivity contribution is 8.15. The second-order valence-electron chi connectivity index (χ2n) is 7.29. The summed E-state index contributed by atoms with van der Waals surface area (Å²) in [6, 6.07) is 13.1. The number of anilines is 1. The monoisotopic (exact) mass is 425 g/mol. The van der Waals surface area contributed by atoms with E-state index in [1.54, 1.807) is 19.2 Å². The van der Waals surface area contributed by atoms with Gasteiger partial charge in [-0.3, -0.25) is 14.5 Å². The van der Waals surface area contributed by atoms with Crippen LogP contribution in [0.3, 0.4) is 0 Å². The smallest absolute Gasteiger partial charge is 0.238 e. The van der Waals surface area contributed by atoms with Crippen molar-refractivity contribution in [1.29, 1.82) is 0 Å². The molecule has 1 aliphatic rings. The van der Waals surface area contributed by atoms with Gasteiger partial charge in [-0.05, 0) is 67.8 Å². The van der Waals surface area contributed by atoms with E-state index in [0.29, 0.717) is 17.5 Å². The van der Waals surface area contributed by atoms with Gasteiger partial charge in [0.1, 0.15) is 11.0 Å². The number of benzene rings is 2. The molecule has 1 fully saturated rings. The van der Waals surface area contributed by atoms with E-state index in [0.717, 1.165) is 23.4 Å². The van der Waals surface area contributed by atoms with Crippen molar-refractivity contribution in [3.05, 3.63) is 53.6 Å². The number of hydrogen-bond acceptors (Lipinski definition) is 5. The van der Waals surface area contributed by atoms with Gasteiger partial charge in [0.15, 0.2) is 5.17 Å². The van der Waals surface area contributed by atoms with Gasteiger partial charge in [0.2, 0.25) is 11.8 Å². The van der Waals surface area contributed by atoms with E-state index < -0.39 is 5.25 Å². The maximum atomic E-state index is 12.8. The Bertz CT molecular complexity index is 957. The predicted octanol–water partition coefficient (Wildman–Crippen LogP) is 4.68. The van der Waals surface area contributed by atoms with E-state index in [4.69, 9.17) is 4.74 Å². The summed E-state index contributed by atoms with van der Waals surface area (Å²) in [4.78, 5) is 31.4. The van der Waals surface area contributed by atoms with E-state index >= 15 is 0 Å². The molecule has 2 amide bonds. The molecule has 0 aliphatic carbocycles. The van der Waals surface area contributed by atoms with Crippen molar-refractivity contribution >= 4 is 40.1 Å². The number of carbonyl (C=O) groups is 2. The van der Waals surface area contributed by atoms with Crippen LogP contribution in [0.15, 0.2) is 47.5 Å². The number of nitrogens with zero attached hydrogens (tertiary/aromatic N) is 2. The highest BCUT2D eigenvalue weighted by atomic mass is 32.2. The van der Waals surface area contributed by atoms with Gasteiger partial charge in [-0.1, -0.05) is 24.8 Å². The number of nitrogens with one attached hydrogen (secondary N) is 1. The van der Waals surface area contributed by atoms with E-state index in [1.807, 2.05) is 51.1 Å². The van der Waals surface area contributed by atoms with Gasteiger partial charge in [0.25, 0.3) is 0 Å². The summed E-state index contributed by atoms with van der Waals surface area (Å²) < 4.78 is 5.56. The van der Waals surface area contributed by atoms with Crippen LogP contribution in [0.25, 0.3) is 0 Å². The maximum Gasteiger partial charge on any atom is 0.238 e. The molecule has 0 radical (unpaired) electrons. The second kappa shape index (κ2) is 9.80. The molecule has 30 heavy (non-hydrogen) atoms. The molecule has 0 unspecified atom stereocenters. The van der Waals surface area contributed by atoms with Gasteiger partial charge in [-0.15, -0.1) is 0 Å². The highest BCUT2D eigenvalue weighted by Gasteiger charge is 2.34. The van der Waals surface area contributed by atoms with Crippen LogP contribution in [0.2, 0.25) is 0 Å². The number of carbonyl (C=O) groups excluding carboxylic acids is 2. The minimum Gasteiger partial charge on any atom is -0.494 e. The van der Waals surface area contributed by atoms with Crippen molar-refractivity contribution in [3.63, 3.8) is 0 Å². The molecule has 1 N–H and O–H groups in total. The van der Waals surface area contributed by atoms with Crippen molar-refractivity contribution in [1.82, 2.24) is 4.90 Å². The topological polar surface area (TPSA) is 71.0 Å². The normalized spacial score (nSPS) is 17.9. The summed E-state index contributed by atoms with van der Waals surface area (Å²) >= 11 is 1.31. The first kappa shape index (κ1) is 21.9. The third-order valence-corrected chi connectivity index (χ3v) is 6.11. The zero-order valence-corrected chi connectivity index (χ0v) is 18.6. The summed E-state index contributed by atoms with van der Waals surface area (Å²) in [5.74, 6) is 0.428. The number of amidine groups is 1. The lowest BCUT2D eigenvalue weighted by Crippen LogP contribution is -2.43. The summed E-state index contributed by atoms with van der Waals surface area (Å²) in [6.45, 7) is 6.77. The van der Waals surface area contributed by atoms with Gasteiger partial charge in [-0.25, -0.2) is 4.99 Å². The lowest BCUT2D eigenvalue weighted by Gasteiger charge is -2.28. The van der Waals surface area contributed by atoms with E-state index in [1.165, 1.54) is 22.2 Å². The van der Waals surface area contributed by atoms with Crippen molar-refractivity contribution in [2.75, 3.05) is 19.0 Å². The van der Waals surface area contributed by atoms with Crippen LogP contribution in [-0.4, -0.2) is 40.8 Å². The molecular formula is C23H27N3O3S.